The molecule has 102 valence electrons. The van der Waals surface area contributed by atoms with Crippen LogP contribution in [0.1, 0.15) is 19.4 Å². The van der Waals surface area contributed by atoms with Crippen LogP contribution in [0.15, 0.2) is 17.0 Å². The number of nitrogens with two attached hydrogens (primary N) is 1. The Labute approximate surface area is 106 Å². The highest BCUT2D eigenvalue weighted by molar-refractivity contribution is 7.89. The lowest BCUT2D eigenvalue weighted by Crippen LogP contribution is -2.46. The standard InChI is InChI=1S/C11H17FN2O3S/c1-7-9(12)4-8(5-10(7)13)18(16,17)14-11(2,3)6-15/h4-5,14-15H,6,13H2,1-3H3. The van der Waals surface area contributed by atoms with Crippen molar-refractivity contribution in [1.29, 1.82) is 0 Å². The smallest absolute Gasteiger partial charge is 0.241 e. The summed E-state index contributed by atoms with van der Waals surface area (Å²) in [5.74, 6) is -0.683. The number of aliphatic hydroxyl groups excluding tert-OH is 1. The molecule has 0 aliphatic carbocycles. The van der Waals surface area contributed by atoms with Gasteiger partial charge in [0.25, 0.3) is 0 Å². The molecule has 0 amide bonds. The summed E-state index contributed by atoms with van der Waals surface area (Å²) < 4.78 is 39.7. The molecule has 0 saturated heterocycles. The van der Waals surface area contributed by atoms with E-state index in [1.807, 2.05) is 0 Å². The molecule has 0 aliphatic rings. The van der Waals surface area contributed by atoms with Gasteiger partial charge in [0.05, 0.1) is 17.0 Å². The van der Waals surface area contributed by atoms with E-state index in [1.165, 1.54) is 26.8 Å². The Balaban J connectivity index is 3.22. The van der Waals surface area contributed by atoms with Crippen LogP contribution < -0.4 is 10.5 Å². The van der Waals surface area contributed by atoms with Gasteiger partial charge in [0.1, 0.15) is 5.82 Å². The van der Waals surface area contributed by atoms with Crippen molar-refractivity contribution in [2.75, 3.05) is 12.3 Å². The maximum atomic E-state index is 13.5. The number of rotatable bonds is 4. The predicted molar refractivity (Wildman–Crippen MR) is 67.0 cm³/mol. The van der Waals surface area contributed by atoms with Crippen molar-refractivity contribution in [3.8, 4) is 0 Å². The number of anilines is 1. The van der Waals surface area contributed by atoms with E-state index in [0.717, 1.165) is 6.07 Å². The van der Waals surface area contributed by atoms with Gasteiger partial charge in [-0.05, 0) is 32.9 Å². The predicted octanol–water partition coefficient (Wildman–Crippen LogP) is 0.766. The van der Waals surface area contributed by atoms with Gasteiger partial charge < -0.3 is 10.8 Å². The van der Waals surface area contributed by atoms with Gasteiger partial charge in [-0.3, -0.25) is 0 Å². The molecule has 1 aromatic carbocycles. The second-order valence-electron chi connectivity index (χ2n) is 4.77. The Morgan fingerprint density at radius 2 is 2.00 bits per heavy atom. The van der Waals surface area contributed by atoms with E-state index in [-0.39, 0.29) is 22.8 Å². The van der Waals surface area contributed by atoms with Crippen LogP contribution in [-0.2, 0) is 10.0 Å². The number of nitrogens with one attached hydrogen (secondary N) is 1. The Hall–Kier alpha value is -1.18. The van der Waals surface area contributed by atoms with Crippen LogP contribution in [0.4, 0.5) is 10.1 Å². The molecular formula is C11H17FN2O3S. The lowest BCUT2D eigenvalue weighted by Gasteiger charge is -2.23. The van der Waals surface area contributed by atoms with Crippen LogP contribution in [0.2, 0.25) is 0 Å². The second kappa shape index (κ2) is 4.83. The van der Waals surface area contributed by atoms with Crippen LogP contribution in [0.5, 0.6) is 0 Å². The Kier molecular flexibility index (Phi) is 3.99. The molecule has 0 aliphatic heterocycles. The Bertz CT molecular complexity index is 532. The molecule has 0 radical (unpaired) electrons. The third-order valence-corrected chi connectivity index (χ3v) is 4.15. The van der Waals surface area contributed by atoms with Gasteiger partial charge in [-0.25, -0.2) is 17.5 Å². The van der Waals surface area contributed by atoms with Gasteiger partial charge in [-0.15, -0.1) is 0 Å². The molecule has 5 nitrogen and oxygen atoms in total. The number of halogens is 1. The van der Waals surface area contributed by atoms with Crippen molar-refractivity contribution < 1.29 is 17.9 Å². The average molecular weight is 276 g/mol. The highest BCUT2D eigenvalue weighted by atomic mass is 32.2. The van der Waals surface area contributed by atoms with E-state index in [0.29, 0.717) is 0 Å². The zero-order valence-corrected chi connectivity index (χ0v) is 11.3. The maximum Gasteiger partial charge on any atom is 0.241 e. The summed E-state index contributed by atoms with van der Waals surface area (Å²) in [6.07, 6.45) is 0. The second-order valence-corrected chi connectivity index (χ2v) is 6.45. The molecule has 1 aromatic rings. The molecule has 0 atom stereocenters. The lowest BCUT2D eigenvalue weighted by atomic mass is 10.1. The Morgan fingerprint density at radius 3 is 2.44 bits per heavy atom. The summed E-state index contributed by atoms with van der Waals surface area (Å²) in [5, 5.41) is 9.03. The number of hydrogen-bond acceptors (Lipinski definition) is 4. The molecule has 0 spiro atoms. The van der Waals surface area contributed by atoms with E-state index < -0.39 is 21.4 Å². The minimum absolute atomic E-state index is 0.0668. The zero-order valence-electron chi connectivity index (χ0n) is 10.5. The normalized spacial score (nSPS) is 12.7. The molecule has 1 rings (SSSR count). The summed E-state index contributed by atoms with van der Waals surface area (Å²) in [5.41, 5.74) is 4.77. The van der Waals surface area contributed by atoms with E-state index in [1.54, 1.807) is 0 Å². The fourth-order valence-electron chi connectivity index (χ4n) is 1.28. The minimum Gasteiger partial charge on any atom is -0.398 e. The first kappa shape index (κ1) is 14.9. The minimum atomic E-state index is -3.92. The average Bonchev–Trinajstić information content (AvgIpc) is 2.23. The van der Waals surface area contributed by atoms with E-state index >= 15 is 0 Å². The first-order valence-corrected chi connectivity index (χ1v) is 6.78. The maximum absolute atomic E-state index is 13.5. The molecule has 0 saturated carbocycles. The Morgan fingerprint density at radius 1 is 1.44 bits per heavy atom. The molecule has 0 unspecified atom stereocenters. The molecule has 4 N–H and O–H groups in total. The van der Waals surface area contributed by atoms with Gasteiger partial charge in [0, 0.05) is 11.3 Å². The zero-order chi connectivity index (χ0) is 14.1. The third kappa shape index (κ3) is 3.18. The number of aliphatic hydroxyl groups is 1. The summed E-state index contributed by atoms with van der Waals surface area (Å²) >= 11 is 0. The van der Waals surface area contributed by atoms with Gasteiger partial charge in [0.15, 0.2) is 0 Å². The fourth-order valence-corrected chi connectivity index (χ4v) is 2.73. The van der Waals surface area contributed by atoms with Crippen molar-refractivity contribution in [2.45, 2.75) is 31.2 Å². The van der Waals surface area contributed by atoms with E-state index in [2.05, 4.69) is 4.72 Å². The number of sulfonamides is 1. The van der Waals surface area contributed by atoms with Crippen molar-refractivity contribution >= 4 is 15.7 Å². The van der Waals surface area contributed by atoms with Crippen LogP contribution in [0.3, 0.4) is 0 Å². The van der Waals surface area contributed by atoms with Crippen LogP contribution in [0.25, 0.3) is 0 Å². The lowest BCUT2D eigenvalue weighted by molar-refractivity contribution is 0.208. The first-order valence-electron chi connectivity index (χ1n) is 5.29. The summed E-state index contributed by atoms with van der Waals surface area (Å²) in [4.78, 5) is -0.260. The van der Waals surface area contributed by atoms with Crippen molar-refractivity contribution in [3.05, 3.63) is 23.5 Å². The number of nitrogen functional groups attached to an aromatic ring is 1. The van der Waals surface area contributed by atoms with E-state index in [4.69, 9.17) is 10.8 Å². The molecule has 7 heteroatoms. The summed E-state index contributed by atoms with van der Waals surface area (Å²) in [6, 6.07) is 2.09. The SMILES string of the molecule is Cc1c(N)cc(S(=O)(=O)NC(C)(C)CO)cc1F. The van der Waals surface area contributed by atoms with Crippen molar-refractivity contribution in [2.24, 2.45) is 0 Å². The fraction of sp³-hybridized carbons (Fsp3) is 0.455. The topological polar surface area (TPSA) is 92.4 Å². The molecule has 0 heterocycles. The molecule has 0 fully saturated rings. The van der Waals surface area contributed by atoms with Crippen molar-refractivity contribution in [3.63, 3.8) is 0 Å². The molecule has 0 aromatic heterocycles. The van der Waals surface area contributed by atoms with Gasteiger partial charge >= 0.3 is 0 Å². The van der Waals surface area contributed by atoms with Crippen molar-refractivity contribution in [1.82, 2.24) is 4.72 Å². The quantitative estimate of drug-likeness (QED) is 0.708. The first-order chi connectivity index (χ1) is 8.09. The van der Waals surface area contributed by atoms with Gasteiger partial charge in [-0.2, -0.15) is 0 Å². The number of benzene rings is 1. The van der Waals surface area contributed by atoms with Gasteiger partial charge in [0.2, 0.25) is 10.0 Å². The summed E-state index contributed by atoms with van der Waals surface area (Å²) in [7, 11) is -3.92. The molecular weight excluding hydrogens is 259 g/mol. The highest BCUT2D eigenvalue weighted by Crippen LogP contribution is 2.21. The summed E-state index contributed by atoms with van der Waals surface area (Å²) in [6.45, 7) is 4.11. The molecule has 18 heavy (non-hydrogen) atoms. The number of hydrogen-bond donors (Lipinski definition) is 3. The van der Waals surface area contributed by atoms with E-state index in [9.17, 15) is 12.8 Å². The highest BCUT2D eigenvalue weighted by Gasteiger charge is 2.26. The largest absolute Gasteiger partial charge is 0.398 e. The monoisotopic (exact) mass is 276 g/mol. The van der Waals surface area contributed by atoms with Crippen LogP contribution >= 0.6 is 0 Å². The van der Waals surface area contributed by atoms with Crippen LogP contribution in [-0.4, -0.2) is 25.7 Å². The van der Waals surface area contributed by atoms with Crippen LogP contribution in [0, 0.1) is 12.7 Å². The van der Waals surface area contributed by atoms with Gasteiger partial charge in [-0.1, -0.05) is 0 Å². The third-order valence-electron chi connectivity index (χ3n) is 2.47. The molecule has 0 bridgehead atoms.